The predicted octanol–water partition coefficient (Wildman–Crippen LogP) is 3.41. The van der Waals surface area contributed by atoms with E-state index in [2.05, 4.69) is 9.97 Å². The Labute approximate surface area is 124 Å². The number of hydrogen-bond donors (Lipinski definition) is 1. The Morgan fingerprint density at radius 3 is 2.48 bits per heavy atom. The van der Waals surface area contributed by atoms with Crippen LogP contribution in [0.15, 0.2) is 29.1 Å². The van der Waals surface area contributed by atoms with E-state index in [1.54, 1.807) is 0 Å². The van der Waals surface area contributed by atoms with Crippen LogP contribution in [0.3, 0.4) is 0 Å². The molecule has 4 nitrogen and oxygen atoms in total. The van der Waals surface area contributed by atoms with Crippen molar-refractivity contribution in [1.82, 2.24) is 9.97 Å². The van der Waals surface area contributed by atoms with Gasteiger partial charge in [0.1, 0.15) is 11.6 Å². The fraction of sp³-hybridized carbons (Fsp3) is 0.412. The molecule has 1 aromatic carbocycles. The highest BCUT2D eigenvalue weighted by molar-refractivity contribution is 5.63. The molecule has 1 aliphatic carbocycles. The first-order valence-electron chi connectivity index (χ1n) is 7.42. The zero-order valence-electron chi connectivity index (χ0n) is 12.6. The molecular weight excluding hydrogens is 264 g/mol. The number of rotatable bonds is 4. The van der Waals surface area contributed by atoms with Crippen molar-refractivity contribution >= 4 is 0 Å². The van der Waals surface area contributed by atoms with Gasteiger partial charge in [-0.2, -0.15) is 0 Å². The van der Waals surface area contributed by atoms with Crippen LogP contribution in [0.2, 0.25) is 0 Å². The zero-order chi connectivity index (χ0) is 15.0. The number of aromatic amines is 1. The Hall–Kier alpha value is -2.10. The van der Waals surface area contributed by atoms with Gasteiger partial charge in [0.25, 0.3) is 5.56 Å². The topological polar surface area (TPSA) is 55.0 Å². The molecule has 1 saturated carbocycles. The summed E-state index contributed by atoms with van der Waals surface area (Å²) in [7, 11) is 0. The highest BCUT2D eigenvalue weighted by atomic mass is 16.5. The van der Waals surface area contributed by atoms with Crippen LogP contribution in [0.5, 0.6) is 5.75 Å². The quantitative estimate of drug-likeness (QED) is 0.936. The van der Waals surface area contributed by atoms with Crippen LogP contribution in [0.1, 0.15) is 44.0 Å². The molecule has 1 fully saturated rings. The lowest BCUT2D eigenvalue weighted by atomic mass is 10.1. The van der Waals surface area contributed by atoms with Crippen LogP contribution >= 0.6 is 0 Å². The van der Waals surface area contributed by atoms with E-state index in [-0.39, 0.29) is 11.7 Å². The maximum atomic E-state index is 12.1. The van der Waals surface area contributed by atoms with E-state index in [4.69, 9.17) is 4.74 Å². The molecule has 0 radical (unpaired) electrons. The second-order valence-electron chi connectivity index (χ2n) is 5.89. The average Bonchev–Trinajstić information content (AvgIpc) is 3.26. The van der Waals surface area contributed by atoms with Gasteiger partial charge < -0.3 is 9.72 Å². The summed E-state index contributed by atoms with van der Waals surface area (Å²) in [5, 5.41) is 0. The molecule has 1 heterocycles. The van der Waals surface area contributed by atoms with Crippen LogP contribution < -0.4 is 10.3 Å². The summed E-state index contributed by atoms with van der Waals surface area (Å²) in [6.45, 7) is 5.81. The number of ether oxygens (including phenoxy) is 1. The second kappa shape index (κ2) is 5.35. The van der Waals surface area contributed by atoms with E-state index in [1.807, 2.05) is 45.0 Å². The predicted molar refractivity (Wildman–Crippen MR) is 82.8 cm³/mol. The standard InChI is InChI=1S/C17H20N2O2/c1-10(2)21-14-8-6-12(7-9-14)15-11(3)17(20)19-16(18-15)13-4-5-13/h6-10,13H,4-5H2,1-3H3,(H,18,19,20). The number of benzene rings is 1. The first-order valence-corrected chi connectivity index (χ1v) is 7.42. The van der Waals surface area contributed by atoms with Crippen molar-refractivity contribution in [2.24, 2.45) is 0 Å². The summed E-state index contributed by atoms with van der Waals surface area (Å²) in [6.07, 6.45) is 2.39. The fourth-order valence-electron chi connectivity index (χ4n) is 2.34. The largest absolute Gasteiger partial charge is 0.491 e. The summed E-state index contributed by atoms with van der Waals surface area (Å²) in [6, 6.07) is 7.77. The zero-order valence-corrected chi connectivity index (χ0v) is 12.6. The van der Waals surface area contributed by atoms with Crippen molar-refractivity contribution < 1.29 is 4.74 Å². The number of aromatic nitrogens is 2. The molecule has 0 amide bonds. The van der Waals surface area contributed by atoms with Crippen LogP contribution in [-0.2, 0) is 0 Å². The average molecular weight is 284 g/mol. The van der Waals surface area contributed by atoms with Crippen LogP contribution in [0.4, 0.5) is 0 Å². The van der Waals surface area contributed by atoms with Gasteiger partial charge in [-0.05, 0) is 57.9 Å². The number of hydrogen-bond acceptors (Lipinski definition) is 3. The Balaban J connectivity index is 1.97. The minimum Gasteiger partial charge on any atom is -0.491 e. The summed E-state index contributed by atoms with van der Waals surface area (Å²) in [5.74, 6) is 2.09. The molecule has 0 aliphatic heterocycles. The molecule has 0 bridgehead atoms. The Kier molecular flexibility index (Phi) is 3.53. The van der Waals surface area contributed by atoms with Gasteiger partial charge >= 0.3 is 0 Å². The Morgan fingerprint density at radius 2 is 1.90 bits per heavy atom. The molecule has 2 aromatic rings. The van der Waals surface area contributed by atoms with Gasteiger partial charge in [-0.15, -0.1) is 0 Å². The van der Waals surface area contributed by atoms with Gasteiger partial charge in [0, 0.05) is 17.0 Å². The van der Waals surface area contributed by atoms with E-state index < -0.39 is 0 Å². The van der Waals surface area contributed by atoms with Crippen LogP contribution in [0, 0.1) is 6.92 Å². The maximum absolute atomic E-state index is 12.1. The van der Waals surface area contributed by atoms with Crippen molar-refractivity contribution in [3.63, 3.8) is 0 Å². The molecule has 1 aromatic heterocycles. The summed E-state index contributed by atoms with van der Waals surface area (Å²) < 4.78 is 5.64. The van der Waals surface area contributed by atoms with Crippen molar-refractivity contribution in [2.45, 2.75) is 45.6 Å². The summed E-state index contributed by atoms with van der Waals surface area (Å²) in [5.41, 5.74) is 2.36. The monoisotopic (exact) mass is 284 g/mol. The third kappa shape index (κ3) is 2.99. The first kappa shape index (κ1) is 13.9. The molecule has 110 valence electrons. The smallest absolute Gasteiger partial charge is 0.254 e. The van der Waals surface area contributed by atoms with Gasteiger partial charge in [-0.25, -0.2) is 4.98 Å². The van der Waals surface area contributed by atoms with E-state index >= 15 is 0 Å². The number of nitrogens with one attached hydrogen (secondary N) is 1. The van der Waals surface area contributed by atoms with Crippen molar-refractivity contribution in [1.29, 1.82) is 0 Å². The molecule has 0 unspecified atom stereocenters. The highest BCUT2D eigenvalue weighted by Crippen LogP contribution is 2.38. The number of nitrogens with zero attached hydrogens (tertiary/aromatic N) is 1. The van der Waals surface area contributed by atoms with E-state index in [0.29, 0.717) is 11.5 Å². The van der Waals surface area contributed by atoms with Gasteiger partial charge in [0.15, 0.2) is 0 Å². The van der Waals surface area contributed by atoms with Crippen LogP contribution in [-0.4, -0.2) is 16.1 Å². The lowest BCUT2D eigenvalue weighted by molar-refractivity contribution is 0.242. The second-order valence-corrected chi connectivity index (χ2v) is 5.89. The van der Waals surface area contributed by atoms with E-state index in [1.165, 1.54) is 0 Å². The molecule has 1 aliphatic rings. The molecule has 1 N–H and O–H groups in total. The number of H-pyrrole nitrogens is 1. The minimum absolute atomic E-state index is 0.0376. The molecule has 0 atom stereocenters. The van der Waals surface area contributed by atoms with Crippen molar-refractivity contribution in [3.8, 4) is 17.0 Å². The lowest BCUT2D eigenvalue weighted by Gasteiger charge is -2.11. The van der Waals surface area contributed by atoms with Gasteiger partial charge in [0.05, 0.1) is 11.8 Å². The summed E-state index contributed by atoms with van der Waals surface area (Å²) >= 11 is 0. The Morgan fingerprint density at radius 1 is 1.24 bits per heavy atom. The lowest BCUT2D eigenvalue weighted by Crippen LogP contribution is -2.15. The van der Waals surface area contributed by atoms with Crippen LogP contribution in [0.25, 0.3) is 11.3 Å². The maximum Gasteiger partial charge on any atom is 0.254 e. The molecular formula is C17H20N2O2. The molecule has 21 heavy (non-hydrogen) atoms. The first-order chi connectivity index (χ1) is 10.0. The van der Waals surface area contributed by atoms with E-state index in [9.17, 15) is 4.79 Å². The third-order valence-corrected chi connectivity index (χ3v) is 3.63. The van der Waals surface area contributed by atoms with Gasteiger partial charge in [-0.1, -0.05) is 0 Å². The SMILES string of the molecule is Cc1c(-c2ccc(OC(C)C)cc2)nc(C2CC2)[nH]c1=O. The normalized spacial score (nSPS) is 14.5. The molecule has 0 saturated heterocycles. The van der Waals surface area contributed by atoms with Crippen molar-refractivity contribution in [3.05, 3.63) is 46.0 Å². The fourth-order valence-corrected chi connectivity index (χ4v) is 2.34. The summed E-state index contributed by atoms with van der Waals surface area (Å²) in [4.78, 5) is 19.6. The van der Waals surface area contributed by atoms with E-state index in [0.717, 1.165) is 35.7 Å². The molecule has 4 heteroatoms. The molecule has 0 spiro atoms. The van der Waals surface area contributed by atoms with Gasteiger partial charge in [-0.3, -0.25) is 4.79 Å². The van der Waals surface area contributed by atoms with Gasteiger partial charge in [0.2, 0.25) is 0 Å². The molecule has 3 rings (SSSR count). The minimum atomic E-state index is -0.0376. The third-order valence-electron chi connectivity index (χ3n) is 3.63. The Bertz CT molecular complexity index is 698. The highest BCUT2D eigenvalue weighted by Gasteiger charge is 2.27. The van der Waals surface area contributed by atoms with Crippen molar-refractivity contribution in [2.75, 3.05) is 0 Å².